The summed E-state index contributed by atoms with van der Waals surface area (Å²) < 4.78 is 1.50. The second kappa shape index (κ2) is 5.64. The highest BCUT2D eigenvalue weighted by atomic mass is 16.6. The Hall–Kier alpha value is -3.62. The Morgan fingerprint density at radius 3 is 1.87 bits per heavy atom. The smallest absolute Gasteiger partial charge is 0.258 e. The molecule has 2 aromatic carbocycles. The molecule has 0 aliphatic heterocycles. The maximum Gasteiger partial charge on any atom is 0.269 e. The molecule has 1 aromatic heterocycles. The second-order valence-corrected chi connectivity index (χ2v) is 4.61. The topological polar surface area (TPSA) is 117 Å². The van der Waals surface area contributed by atoms with Crippen molar-refractivity contribution in [1.82, 2.24) is 15.0 Å². The molecule has 0 bridgehead atoms. The molecule has 0 saturated carbocycles. The summed E-state index contributed by atoms with van der Waals surface area (Å²) >= 11 is 0. The van der Waals surface area contributed by atoms with Crippen LogP contribution in [0, 0.1) is 20.2 Å². The molecule has 3 rings (SSSR count). The van der Waals surface area contributed by atoms with Crippen LogP contribution in [0.25, 0.3) is 16.9 Å². The van der Waals surface area contributed by atoms with Gasteiger partial charge in [-0.1, -0.05) is 5.21 Å². The quantitative estimate of drug-likeness (QED) is 0.540. The number of aromatic nitrogens is 3. The molecule has 0 fully saturated rings. The Morgan fingerprint density at radius 2 is 1.35 bits per heavy atom. The van der Waals surface area contributed by atoms with Crippen LogP contribution in [0.15, 0.2) is 54.7 Å². The predicted octanol–water partition coefficient (Wildman–Crippen LogP) is 2.75. The molecule has 9 heteroatoms. The molecule has 0 atom stereocenters. The lowest BCUT2D eigenvalue weighted by Gasteiger charge is -2.06. The van der Waals surface area contributed by atoms with Crippen molar-refractivity contribution < 1.29 is 9.85 Å². The van der Waals surface area contributed by atoms with Crippen molar-refractivity contribution in [3.8, 4) is 16.9 Å². The van der Waals surface area contributed by atoms with Gasteiger partial charge in [-0.25, -0.2) is 4.68 Å². The van der Waals surface area contributed by atoms with Gasteiger partial charge >= 0.3 is 0 Å². The van der Waals surface area contributed by atoms with Gasteiger partial charge in [-0.05, 0) is 24.3 Å². The van der Waals surface area contributed by atoms with E-state index in [0.717, 1.165) is 0 Å². The highest BCUT2D eigenvalue weighted by molar-refractivity contribution is 5.62. The van der Waals surface area contributed by atoms with Crippen LogP contribution in [0.1, 0.15) is 0 Å². The Kier molecular flexibility index (Phi) is 3.51. The minimum absolute atomic E-state index is 0.0110. The van der Waals surface area contributed by atoms with Crippen LogP contribution in [0.4, 0.5) is 11.4 Å². The third kappa shape index (κ3) is 2.75. The summed E-state index contributed by atoms with van der Waals surface area (Å²) in [5.74, 6) is 0. The van der Waals surface area contributed by atoms with Crippen LogP contribution in [0.5, 0.6) is 0 Å². The minimum Gasteiger partial charge on any atom is -0.258 e. The van der Waals surface area contributed by atoms with Crippen LogP contribution < -0.4 is 0 Å². The van der Waals surface area contributed by atoms with Crippen LogP contribution in [-0.2, 0) is 0 Å². The summed E-state index contributed by atoms with van der Waals surface area (Å²) in [6.45, 7) is 0. The van der Waals surface area contributed by atoms with Gasteiger partial charge in [0.15, 0.2) is 0 Å². The van der Waals surface area contributed by atoms with Crippen molar-refractivity contribution in [3.63, 3.8) is 0 Å². The van der Waals surface area contributed by atoms with Crippen molar-refractivity contribution in [2.75, 3.05) is 0 Å². The fourth-order valence-corrected chi connectivity index (χ4v) is 2.09. The lowest BCUT2D eigenvalue weighted by atomic mass is 10.1. The van der Waals surface area contributed by atoms with Gasteiger partial charge in [-0.2, -0.15) is 0 Å². The monoisotopic (exact) mass is 311 g/mol. The molecule has 23 heavy (non-hydrogen) atoms. The standard InChI is InChI=1S/C14H9N5O4/c20-18(21)12-3-1-10(2-4-12)14-9-15-16-17(14)11-5-7-13(8-6-11)19(22)23/h1-9H. The molecule has 1 heterocycles. The van der Waals surface area contributed by atoms with Gasteiger partial charge in [0.05, 0.1) is 27.4 Å². The molecule has 9 nitrogen and oxygen atoms in total. The summed E-state index contributed by atoms with van der Waals surface area (Å²) in [6.07, 6.45) is 1.52. The van der Waals surface area contributed by atoms with Crippen LogP contribution in [-0.4, -0.2) is 24.8 Å². The van der Waals surface area contributed by atoms with Crippen LogP contribution >= 0.6 is 0 Å². The zero-order valence-electron chi connectivity index (χ0n) is 11.6. The van der Waals surface area contributed by atoms with Crippen LogP contribution in [0.3, 0.4) is 0 Å². The third-order valence-electron chi connectivity index (χ3n) is 3.23. The highest BCUT2D eigenvalue weighted by Gasteiger charge is 2.12. The molecule has 0 unspecified atom stereocenters. The minimum atomic E-state index is -0.484. The fraction of sp³-hybridized carbons (Fsp3) is 0. The van der Waals surface area contributed by atoms with Crippen molar-refractivity contribution in [1.29, 1.82) is 0 Å². The molecule has 0 amide bonds. The molecule has 0 spiro atoms. The number of hydrogen-bond acceptors (Lipinski definition) is 6. The first-order valence-electron chi connectivity index (χ1n) is 6.46. The van der Waals surface area contributed by atoms with Gasteiger partial charge in [0.1, 0.15) is 0 Å². The first-order chi connectivity index (χ1) is 11.1. The summed E-state index contributed by atoms with van der Waals surface area (Å²) in [7, 11) is 0. The van der Waals surface area contributed by atoms with Gasteiger partial charge < -0.3 is 0 Å². The van der Waals surface area contributed by atoms with E-state index in [1.807, 2.05) is 0 Å². The van der Waals surface area contributed by atoms with E-state index in [1.54, 1.807) is 24.3 Å². The summed E-state index contributed by atoms with van der Waals surface area (Å²) in [5, 5.41) is 29.2. The molecule has 3 aromatic rings. The van der Waals surface area contributed by atoms with E-state index in [0.29, 0.717) is 16.9 Å². The molecule has 0 aliphatic rings. The van der Waals surface area contributed by atoms with E-state index >= 15 is 0 Å². The SMILES string of the molecule is O=[N+]([O-])c1ccc(-c2cnnn2-c2ccc([N+](=O)[O-])cc2)cc1. The zero-order chi connectivity index (χ0) is 16.4. The summed E-state index contributed by atoms with van der Waals surface area (Å²) in [5.41, 5.74) is 1.88. The van der Waals surface area contributed by atoms with Crippen molar-refractivity contribution in [2.24, 2.45) is 0 Å². The average Bonchev–Trinajstić information content (AvgIpc) is 3.04. The Labute approximate surface area is 129 Å². The van der Waals surface area contributed by atoms with E-state index in [-0.39, 0.29) is 11.4 Å². The van der Waals surface area contributed by atoms with E-state index < -0.39 is 9.85 Å². The number of nitrogens with zero attached hydrogens (tertiary/aromatic N) is 5. The van der Waals surface area contributed by atoms with Gasteiger partial charge in [0.2, 0.25) is 0 Å². The number of hydrogen-bond donors (Lipinski definition) is 0. The van der Waals surface area contributed by atoms with Gasteiger partial charge in [0, 0.05) is 29.8 Å². The van der Waals surface area contributed by atoms with Crippen LogP contribution in [0.2, 0.25) is 0 Å². The van der Waals surface area contributed by atoms with Crippen molar-refractivity contribution in [2.45, 2.75) is 0 Å². The predicted molar refractivity (Wildman–Crippen MR) is 80.1 cm³/mol. The van der Waals surface area contributed by atoms with E-state index in [9.17, 15) is 20.2 Å². The number of nitro benzene ring substituents is 2. The molecular weight excluding hydrogens is 302 g/mol. The fourth-order valence-electron chi connectivity index (χ4n) is 2.09. The summed E-state index contributed by atoms with van der Waals surface area (Å²) in [4.78, 5) is 20.4. The number of rotatable bonds is 4. The Balaban J connectivity index is 1.98. The van der Waals surface area contributed by atoms with E-state index in [4.69, 9.17) is 0 Å². The van der Waals surface area contributed by atoms with Gasteiger partial charge in [-0.15, -0.1) is 5.10 Å². The van der Waals surface area contributed by atoms with Crippen molar-refractivity contribution >= 4 is 11.4 Å². The first-order valence-corrected chi connectivity index (χ1v) is 6.46. The zero-order valence-corrected chi connectivity index (χ0v) is 11.6. The van der Waals surface area contributed by atoms with Gasteiger partial charge in [-0.3, -0.25) is 20.2 Å². The molecule has 0 saturated heterocycles. The largest absolute Gasteiger partial charge is 0.269 e. The van der Waals surface area contributed by atoms with Gasteiger partial charge in [0.25, 0.3) is 11.4 Å². The Bertz CT molecular complexity index is 799. The maximum atomic E-state index is 10.7. The molecule has 0 radical (unpaired) electrons. The first kappa shape index (κ1) is 14.3. The van der Waals surface area contributed by atoms with Crippen molar-refractivity contribution in [3.05, 3.63) is 75.0 Å². The normalized spacial score (nSPS) is 10.4. The number of non-ortho nitro benzene ring substituents is 2. The Morgan fingerprint density at radius 1 is 0.826 bits per heavy atom. The van der Waals surface area contributed by atoms with E-state index in [1.165, 1.54) is 35.1 Å². The molecule has 114 valence electrons. The molecular formula is C14H9N5O4. The van der Waals surface area contributed by atoms with E-state index in [2.05, 4.69) is 10.3 Å². The molecule has 0 N–H and O–H groups in total. The number of benzene rings is 2. The lowest BCUT2D eigenvalue weighted by Crippen LogP contribution is -2.00. The lowest BCUT2D eigenvalue weighted by molar-refractivity contribution is -0.385. The maximum absolute atomic E-state index is 10.7. The number of nitro groups is 2. The third-order valence-corrected chi connectivity index (χ3v) is 3.23. The summed E-state index contributed by atoms with van der Waals surface area (Å²) in [6, 6.07) is 11.8. The molecule has 0 aliphatic carbocycles. The second-order valence-electron chi connectivity index (χ2n) is 4.61. The highest BCUT2D eigenvalue weighted by Crippen LogP contribution is 2.24. The average molecular weight is 311 g/mol.